The van der Waals surface area contributed by atoms with Crippen LogP contribution in [-0.2, 0) is 195 Å². The number of hydrogen-bond donors (Lipinski definition) is 4. The third kappa shape index (κ3) is 66.7. The average molecular weight is 1850 g/mol. The number of carbonyl (C=O) groups excluding carboxylic acids is 8. The minimum absolute atomic E-state index is 0. The summed E-state index contributed by atoms with van der Waals surface area (Å²) in [4.78, 5) is 106. The number of hydrogen-bond acceptors (Lipinski definition) is 20. The first kappa shape index (κ1) is 147. The van der Waals surface area contributed by atoms with Crippen LogP contribution in [-0.4, -0.2) is 245 Å². The van der Waals surface area contributed by atoms with Gasteiger partial charge in [0.1, 0.15) is 0 Å². The van der Waals surface area contributed by atoms with Crippen LogP contribution >= 0.6 is 0 Å². The number of amides is 8. The van der Waals surface area contributed by atoms with Crippen LogP contribution in [0.2, 0.25) is 0 Å². The molecule has 28 heteroatoms. The van der Waals surface area contributed by atoms with Gasteiger partial charge in [0.2, 0.25) is 47.3 Å². The van der Waals surface area contributed by atoms with Gasteiger partial charge in [-0.25, -0.2) is 0 Å². The van der Waals surface area contributed by atoms with E-state index in [1.165, 1.54) is 129 Å². The maximum absolute atomic E-state index is 10.3. The first-order valence-corrected chi connectivity index (χ1v) is 34.3. The summed E-state index contributed by atoms with van der Waals surface area (Å²) in [6.45, 7) is 48.4. The van der Waals surface area contributed by atoms with E-state index in [1.807, 2.05) is 55.4 Å². The number of anilines is 4. The summed E-state index contributed by atoms with van der Waals surface area (Å²) in [5.41, 5.74) is 11.4. The van der Waals surface area contributed by atoms with E-state index >= 15 is 0 Å². The molecule has 8 rings (SSSR count). The van der Waals surface area contributed by atoms with Crippen LogP contribution in [0.15, 0.2) is 97.1 Å². The maximum Gasteiger partial charge on any atom is 0.225 e. The molecule has 0 bridgehead atoms. The van der Waals surface area contributed by atoms with Crippen LogP contribution < -0.4 is 19.6 Å². The van der Waals surface area contributed by atoms with E-state index in [4.69, 9.17) is 20.4 Å². The molecule has 0 aromatic heterocycles. The first-order chi connectivity index (χ1) is 47.4. The van der Waals surface area contributed by atoms with Crippen molar-refractivity contribution < 1.29 is 190 Å². The fraction of sp³-hybridized carbons (Fsp3) is 0.556. The Balaban J connectivity index is -0.0000000574. The molecule has 8 amide bonds. The number of imide groups is 4. The Morgan fingerprint density at radius 1 is 0.284 bits per heavy atom. The Morgan fingerprint density at radius 2 is 0.394 bits per heavy atom. The van der Waals surface area contributed by atoms with Crippen molar-refractivity contribution in [2.24, 2.45) is 0 Å². The van der Waals surface area contributed by atoms with Crippen molar-refractivity contribution in [2.75, 3.05) is 157 Å². The Morgan fingerprint density at radius 3 is 0.486 bits per heavy atom. The summed E-state index contributed by atoms with van der Waals surface area (Å²) in [6, 6.07) is 34.7. The molecule has 4 N–H and O–H groups in total. The summed E-state index contributed by atoms with van der Waals surface area (Å²) in [6.07, 6.45) is 0. The van der Waals surface area contributed by atoms with Crippen LogP contribution in [0.5, 0.6) is 0 Å². The van der Waals surface area contributed by atoms with Crippen LogP contribution in [0.25, 0.3) is 0 Å². The molecule has 0 saturated carbocycles. The van der Waals surface area contributed by atoms with E-state index in [9.17, 15) is 38.4 Å². The fourth-order valence-corrected chi connectivity index (χ4v) is 8.61. The van der Waals surface area contributed by atoms with Gasteiger partial charge in [0.15, 0.2) is 0 Å². The normalized spacial score (nSPS) is 11.1. The van der Waals surface area contributed by atoms with Gasteiger partial charge in [-0.05, 0) is 102 Å². The van der Waals surface area contributed by atoms with Gasteiger partial charge in [-0.3, -0.25) is 77.6 Å². The molecule has 0 unspecified atom stereocenters. The molecule has 4 aliphatic rings. The number of aliphatic hydroxyl groups is 4. The quantitative estimate of drug-likeness (QED) is 0.138. The number of nitrogens with zero attached hydrogens (tertiary/aromatic N) is 12. The summed E-state index contributed by atoms with van der Waals surface area (Å²) in [5, 5.41) is 28.0. The minimum atomic E-state index is -0.225. The molecule has 4 heterocycles. The molecular formula is C81H156N12O12Y4-4. The molecule has 4 aromatic carbocycles. The SMILES string of the molecule is C.CC.CC.CC.CC.CC(=O)N(C)C(C)=O.CC(=O)N(C)C(C)=O.CC(=O)N(C)C(C)=O.CC(=O)N(C)C(C)=O.CCN1CN(C)Cc2ccccc21.CCN1CN(C)Cc2ccccc21.CCN1CN(C)Cc2ccccc21.CCN1CN(C)Cc2ccccc21.CO.CO.CO.CO.[CH3-].[CH3-].[CH3-].[CH3-].[Y].[Y].[Y].[Y]. The molecule has 109 heavy (non-hydrogen) atoms. The third-order valence-corrected chi connectivity index (χ3v) is 14.0. The molecule has 0 aliphatic carbocycles. The topological polar surface area (TPSA) is 256 Å². The van der Waals surface area contributed by atoms with Gasteiger partial charge in [0, 0.05) is 318 Å². The van der Waals surface area contributed by atoms with Crippen molar-refractivity contribution in [3.05, 3.63) is 149 Å². The zero-order chi connectivity index (χ0) is 80.0. The van der Waals surface area contributed by atoms with Gasteiger partial charge in [-0.1, -0.05) is 136 Å². The van der Waals surface area contributed by atoms with Gasteiger partial charge in [0.05, 0.1) is 26.7 Å². The van der Waals surface area contributed by atoms with E-state index in [-0.39, 0.29) is 215 Å². The first-order valence-electron chi connectivity index (χ1n) is 34.3. The maximum atomic E-state index is 10.3. The van der Waals surface area contributed by atoms with Crippen molar-refractivity contribution in [2.45, 2.75) is 172 Å². The molecule has 4 aliphatic heterocycles. The predicted molar refractivity (Wildman–Crippen MR) is 450 cm³/mol. The van der Waals surface area contributed by atoms with Crippen molar-refractivity contribution in [1.29, 1.82) is 0 Å². The second kappa shape index (κ2) is 95.3. The van der Waals surface area contributed by atoms with Crippen LogP contribution in [0, 0.1) is 29.7 Å². The summed E-state index contributed by atoms with van der Waals surface area (Å²) >= 11 is 0. The molecule has 4 radical (unpaired) electrons. The smallest absolute Gasteiger partial charge is 0.225 e. The molecule has 0 fully saturated rings. The zero-order valence-corrected chi connectivity index (χ0v) is 85.8. The molecule has 0 saturated heterocycles. The van der Waals surface area contributed by atoms with Gasteiger partial charge in [0.25, 0.3) is 0 Å². The van der Waals surface area contributed by atoms with E-state index in [0.717, 1.165) is 127 Å². The molecular weight excluding hydrogens is 1690 g/mol. The van der Waals surface area contributed by atoms with Gasteiger partial charge in [-0.15, -0.1) is 0 Å². The minimum Gasteiger partial charge on any atom is -0.400 e. The van der Waals surface area contributed by atoms with Gasteiger partial charge < -0.3 is 69.7 Å². The number of rotatable bonds is 4. The monoisotopic (exact) mass is 1840 g/mol. The van der Waals surface area contributed by atoms with E-state index in [0.29, 0.717) is 0 Å². The standard InChI is InChI=1S/4C11H16N2.4C5H9NO2.4C2H6.4CH4O.CH4.4CH3.4Y/c4*1-3-13-9-12(2)8-10-6-4-5-7-11(10)13;4*1-4(7)6(3)5(2)8;8*1-2;;;;;;;;;/h4*4-7H,3,8-9H2,1-2H3;4*1-3H3;4*1-2H3;4*2H,1H3;1H4;4*1H3;;;;/q;;;;;;;;;;;;;;;;;4*-1;;;;. The fourth-order valence-electron chi connectivity index (χ4n) is 8.61. The average Bonchev–Trinajstić information content (AvgIpc) is 0.847. The molecule has 0 spiro atoms. The molecule has 4 aromatic rings. The molecule has 628 valence electrons. The van der Waals surface area contributed by atoms with Gasteiger partial charge in [-0.2, -0.15) is 0 Å². The second-order valence-electron chi connectivity index (χ2n) is 20.9. The number of para-hydroxylation sites is 4. The summed E-state index contributed by atoms with van der Waals surface area (Å²) in [7, 11) is 18.5. The number of carbonyl (C=O) groups is 8. The Bertz CT molecular complexity index is 2360. The van der Waals surface area contributed by atoms with E-state index < -0.39 is 0 Å². The number of fused-ring (bicyclic) bond motifs is 4. The Hall–Kier alpha value is -3.26. The second-order valence-corrected chi connectivity index (χ2v) is 20.9. The zero-order valence-electron chi connectivity index (χ0n) is 74.5. The van der Waals surface area contributed by atoms with Crippen molar-refractivity contribution in [3.63, 3.8) is 0 Å². The Labute approximate surface area is 769 Å². The number of aliphatic hydroxyl groups excluding tert-OH is 4. The van der Waals surface area contributed by atoms with E-state index in [1.54, 1.807) is 0 Å². The van der Waals surface area contributed by atoms with Crippen LogP contribution in [0.3, 0.4) is 0 Å². The number of benzene rings is 4. The third-order valence-electron chi connectivity index (χ3n) is 14.0. The van der Waals surface area contributed by atoms with Crippen LogP contribution in [0.1, 0.15) is 168 Å². The van der Waals surface area contributed by atoms with Crippen LogP contribution in [0.4, 0.5) is 22.7 Å². The Kier molecular flexibility index (Phi) is 129. The van der Waals surface area contributed by atoms with Crippen molar-refractivity contribution in [3.8, 4) is 0 Å². The molecule has 24 nitrogen and oxygen atoms in total. The largest absolute Gasteiger partial charge is 0.400 e. The van der Waals surface area contributed by atoms with E-state index in [2.05, 4.69) is 192 Å². The summed E-state index contributed by atoms with van der Waals surface area (Å²) in [5.74, 6) is -1.80. The van der Waals surface area contributed by atoms with Gasteiger partial charge >= 0.3 is 0 Å². The van der Waals surface area contributed by atoms with Crippen molar-refractivity contribution >= 4 is 70.0 Å². The molecule has 0 atom stereocenters. The summed E-state index contributed by atoms with van der Waals surface area (Å²) < 4.78 is 0. The van der Waals surface area contributed by atoms with Crippen molar-refractivity contribution in [1.82, 2.24) is 39.2 Å². The predicted octanol–water partition coefficient (Wildman–Crippen LogP) is 12.7.